The Kier molecular flexibility index (Phi) is 3.98. The third-order valence-electron chi connectivity index (χ3n) is 0.903. The topological polar surface area (TPSA) is 66.0 Å². The van der Waals surface area contributed by atoms with Gasteiger partial charge in [0.15, 0.2) is 0 Å². The van der Waals surface area contributed by atoms with Gasteiger partial charge in [0.1, 0.15) is 5.82 Å². The van der Waals surface area contributed by atoms with E-state index in [1.54, 1.807) is 12.4 Å². The number of carboxylic acids is 1. The first kappa shape index (κ1) is 9.71. The summed E-state index contributed by atoms with van der Waals surface area (Å²) in [6.07, 6.45) is 5.60. The minimum atomic E-state index is -0.976. The van der Waals surface area contributed by atoms with Gasteiger partial charge in [0.2, 0.25) is 0 Å². The summed E-state index contributed by atoms with van der Waals surface area (Å²) in [5, 5.41) is 8.18. The molecule has 0 aromatic carbocycles. The fraction of sp³-hybridized carbons (Fsp3) is 0. The molecule has 60 valence electrons. The summed E-state index contributed by atoms with van der Waals surface area (Å²) < 4.78 is 0. The van der Waals surface area contributed by atoms with E-state index in [1.807, 2.05) is 0 Å². The quantitative estimate of drug-likeness (QED) is 0.656. The third kappa shape index (κ3) is 3.42. The molecule has 0 aliphatic carbocycles. The van der Waals surface area contributed by atoms with Gasteiger partial charge >= 0.3 is 5.97 Å². The zero-order valence-corrected chi connectivity index (χ0v) is 6.34. The Bertz CT molecular complexity index is 243. The average molecular weight is 175 g/mol. The van der Waals surface area contributed by atoms with E-state index in [2.05, 4.69) is 9.97 Å². The molecule has 1 aromatic heterocycles. The number of nitrogens with zero attached hydrogens (tertiary/aromatic N) is 1. The highest BCUT2D eigenvalue weighted by Crippen LogP contribution is 1.90. The fourth-order valence-corrected chi connectivity index (χ4v) is 0.519. The molecule has 1 aromatic rings. The molecule has 0 unspecified atom stereocenters. The van der Waals surface area contributed by atoms with E-state index in [1.165, 1.54) is 6.08 Å². The van der Waals surface area contributed by atoms with Crippen LogP contribution in [0.2, 0.25) is 0 Å². The third-order valence-corrected chi connectivity index (χ3v) is 0.903. The maximum atomic E-state index is 9.97. The molecule has 1 heterocycles. The molecule has 5 heteroatoms. The summed E-state index contributed by atoms with van der Waals surface area (Å²) in [6, 6.07) is 0. The predicted octanol–water partition coefficient (Wildman–Crippen LogP) is 0.929. The van der Waals surface area contributed by atoms with Crippen LogP contribution in [0.3, 0.4) is 0 Å². The van der Waals surface area contributed by atoms with E-state index in [9.17, 15) is 4.79 Å². The first-order valence-corrected chi connectivity index (χ1v) is 2.69. The molecule has 1 rings (SSSR count). The van der Waals surface area contributed by atoms with Crippen LogP contribution in [0.15, 0.2) is 18.5 Å². The normalized spacial score (nSPS) is 9.45. The Morgan fingerprint density at radius 3 is 2.91 bits per heavy atom. The van der Waals surface area contributed by atoms with Crippen LogP contribution in [-0.2, 0) is 4.79 Å². The molecule has 0 aliphatic rings. The predicted molar refractivity (Wildman–Crippen MR) is 42.5 cm³/mol. The number of aromatic nitrogens is 2. The molecule has 0 aliphatic heterocycles. The molecule has 0 fully saturated rings. The highest BCUT2D eigenvalue weighted by molar-refractivity contribution is 5.85. The van der Waals surface area contributed by atoms with E-state index in [-0.39, 0.29) is 12.4 Å². The van der Waals surface area contributed by atoms with Gasteiger partial charge in [-0.05, 0) is 6.08 Å². The molecule has 11 heavy (non-hydrogen) atoms. The lowest BCUT2D eigenvalue weighted by Crippen LogP contribution is -1.85. The lowest BCUT2D eigenvalue weighted by Gasteiger charge is -1.79. The zero-order valence-electron chi connectivity index (χ0n) is 5.52. The first-order valence-electron chi connectivity index (χ1n) is 2.69. The highest BCUT2D eigenvalue weighted by atomic mass is 35.5. The number of aromatic amines is 1. The number of nitrogens with one attached hydrogen (secondary N) is 1. The van der Waals surface area contributed by atoms with E-state index in [0.29, 0.717) is 5.82 Å². The molecule has 4 nitrogen and oxygen atoms in total. The van der Waals surface area contributed by atoms with Gasteiger partial charge in [-0.15, -0.1) is 12.4 Å². The van der Waals surface area contributed by atoms with E-state index >= 15 is 0 Å². The number of carbonyl (C=O) groups is 1. The van der Waals surface area contributed by atoms with Gasteiger partial charge in [0, 0.05) is 18.5 Å². The molecular weight excluding hydrogens is 168 g/mol. The SMILES string of the molecule is Cl.O=C(O)/C=C/c1ncc[nH]1. The monoisotopic (exact) mass is 174 g/mol. The van der Waals surface area contributed by atoms with Crippen molar-refractivity contribution in [3.05, 3.63) is 24.3 Å². The summed E-state index contributed by atoms with van der Waals surface area (Å²) in [6.45, 7) is 0. The number of aliphatic carboxylic acids is 1. The molecular formula is C6H7ClN2O2. The minimum Gasteiger partial charge on any atom is -0.478 e. The highest BCUT2D eigenvalue weighted by Gasteiger charge is 1.87. The maximum Gasteiger partial charge on any atom is 0.328 e. The van der Waals surface area contributed by atoms with Crippen LogP contribution in [0.25, 0.3) is 6.08 Å². The summed E-state index contributed by atoms with van der Waals surface area (Å²) in [5.74, 6) is -0.432. The number of rotatable bonds is 2. The Balaban J connectivity index is 0.000001000. The largest absolute Gasteiger partial charge is 0.478 e. The second-order valence-electron chi connectivity index (χ2n) is 1.65. The first-order chi connectivity index (χ1) is 4.79. The Morgan fingerprint density at radius 2 is 2.45 bits per heavy atom. The smallest absolute Gasteiger partial charge is 0.328 e. The van der Waals surface area contributed by atoms with Gasteiger partial charge in [-0.3, -0.25) is 0 Å². The van der Waals surface area contributed by atoms with Crippen LogP contribution in [-0.4, -0.2) is 21.0 Å². The molecule has 2 N–H and O–H groups in total. The van der Waals surface area contributed by atoms with E-state index in [0.717, 1.165) is 6.08 Å². The van der Waals surface area contributed by atoms with Crippen molar-refractivity contribution < 1.29 is 9.90 Å². The van der Waals surface area contributed by atoms with Gasteiger partial charge < -0.3 is 10.1 Å². The number of hydrogen-bond donors (Lipinski definition) is 2. The Labute approximate surface area is 69.4 Å². The summed E-state index contributed by atoms with van der Waals surface area (Å²) in [7, 11) is 0. The number of imidazole rings is 1. The van der Waals surface area contributed by atoms with E-state index < -0.39 is 5.97 Å². The summed E-state index contributed by atoms with van der Waals surface area (Å²) in [5.41, 5.74) is 0. The maximum absolute atomic E-state index is 9.97. The van der Waals surface area contributed by atoms with Gasteiger partial charge in [0.05, 0.1) is 0 Å². The number of hydrogen-bond acceptors (Lipinski definition) is 2. The Hall–Kier alpha value is -1.29. The molecule has 0 radical (unpaired) electrons. The molecule has 0 atom stereocenters. The average Bonchev–Trinajstić information content (AvgIpc) is 2.34. The number of H-pyrrole nitrogens is 1. The molecule has 0 amide bonds. The van der Waals surface area contributed by atoms with Crippen LogP contribution < -0.4 is 0 Å². The summed E-state index contributed by atoms with van der Waals surface area (Å²) >= 11 is 0. The van der Waals surface area contributed by atoms with Crippen LogP contribution in [0.5, 0.6) is 0 Å². The van der Waals surface area contributed by atoms with Crippen molar-refractivity contribution in [2.24, 2.45) is 0 Å². The van der Waals surface area contributed by atoms with Gasteiger partial charge in [-0.1, -0.05) is 0 Å². The molecule has 0 saturated heterocycles. The van der Waals surface area contributed by atoms with Crippen molar-refractivity contribution >= 4 is 24.5 Å². The van der Waals surface area contributed by atoms with Crippen LogP contribution in [0.1, 0.15) is 5.82 Å². The second kappa shape index (κ2) is 4.51. The van der Waals surface area contributed by atoms with Crippen molar-refractivity contribution in [3.63, 3.8) is 0 Å². The van der Waals surface area contributed by atoms with Gasteiger partial charge in [-0.2, -0.15) is 0 Å². The van der Waals surface area contributed by atoms with Gasteiger partial charge in [-0.25, -0.2) is 9.78 Å². The van der Waals surface area contributed by atoms with Crippen molar-refractivity contribution in [1.29, 1.82) is 0 Å². The second-order valence-corrected chi connectivity index (χ2v) is 1.65. The minimum absolute atomic E-state index is 0. The number of halogens is 1. The standard InChI is InChI=1S/C6H6N2O2.ClH/c9-6(10)2-1-5-7-3-4-8-5;/h1-4H,(H,7,8)(H,9,10);1H/b2-1+;. The van der Waals surface area contributed by atoms with Crippen LogP contribution in [0.4, 0.5) is 0 Å². The molecule has 0 bridgehead atoms. The fourth-order valence-electron chi connectivity index (χ4n) is 0.519. The lowest BCUT2D eigenvalue weighted by molar-refractivity contribution is -0.131. The van der Waals surface area contributed by atoms with Crippen molar-refractivity contribution in [1.82, 2.24) is 9.97 Å². The van der Waals surface area contributed by atoms with Crippen LogP contribution in [0, 0.1) is 0 Å². The lowest BCUT2D eigenvalue weighted by atomic mass is 10.5. The van der Waals surface area contributed by atoms with Crippen molar-refractivity contribution in [2.45, 2.75) is 0 Å². The van der Waals surface area contributed by atoms with Crippen LogP contribution >= 0.6 is 12.4 Å². The molecule has 0 saturated carbocycles. The summed E-state index contributed by atoms with van der Waals surface area (Å²) in [4.78, 5) is 16.5. The molecule has 0 spiro atoms. The van der Waals surface area contributed by atoms with Crippen molar-refractivity contribution in [3.8, 4) is 0 Å². The van der Waals surface area contributed by atoms with Crippen molar-refractivity contribution in [2.75, 3.05) is 0 Å². The van der Waals surface area contributed by atoms with Gasteiger partial charge in [0.25, 0.3) is 0 Å². The number of carboxylic acid groups (broad SMARTS) is 1. The Morgan fingerprint density at radius 1 is 1.73 bits per heavy atom. The van der Waals surface area contributed by atoms with E-state index in [4.69, 9.17) is 5.11 Å². The zero-order chi connectivity index (χ0) is 7.40.